The maximum absolute atomic E-state index is 11.5. The number of rotatable bonds is 2. The number of anilines is 1. The predicted octanol–water partition coefficient (Wildman–Crippen LogP) is 0.930. The van der Waals surface area contributed by atoms with Crippen molar-refractivity contribution in [2.75, 3.05) is 5.73 Å². The second-order valence-corrected chi connectivity index (χ2v) is 4.35. The SMILES string of the molecule is Nc1cccc(Cn2[nH]c(=O)ccc2=O)c1Br. The monoisotopic (exact) mass is 295 g/mol. The van der Waals surface area contributed by atoms with Gasteiger partial charge < -0.3 is 5.73 Å². The molecule has 5 nitrogen and oxygen atoms in total. The van der Waals surface area contributed by atoms with Crippen LogP contribution < -0.4 is 16.9 Å². The molecule has 0 saturated heterocycles. The van der Waals surface area contributed by atoms with Crippen LogP contribution in [0, 0.1) is 0 Å². The van der Waals surface area contributed by atoms with Crippen molar-refractivity contribution in [3.05, 3.63) is 61.1 Å². The predicted molar refractivity (Wildman–Crippen MR) is 69.0 cm³/mol. The summed E-state index contributed by atoms with van der Waals surface area (Å²) in [6, 6.07) is 7.82. The number of benzene rings is 1. The van der Waals surface area contributed by atoms with Crippen LogP contribution in [0.3, 0.4) is 0 Å². The van der Waals surface area contributed by atoms with Crippen LogP contribution in [-0.4, -0.2) is 9.78 Å². The fourth-order valence-corrected chi connectivity index (χ4v) is 1.86. The molecule has 2 rings (SSSR count). The van der Waals surface area contributed by atoms with E-state index in [2.05, 4.69) is 21.0 Å². The van der Waals surface area contributed by atoms with Gasteiger partial charge in [-0.1, -0.05) is 12.1 Å². The van der Waals surface area contributed by atoms with E-state index in [1.165, 1.54) is 16.8 Å². The lowest BCUT2D eigenvalue weighted by Crippen LogP contribution is -2.28. The molecule has 17 heavy (non-hydrogen) atoms. The van der Waals surface area contributed by atoms with Crippen molar-refractivity contribution in [1.82, 2.24) is 9.78 Å². The molecule has 6 heteroatoms. The van der Waals surface area contributed by atoms with E-state index in [0.29, 0.717) is 5.69 Å². The molecular weight excluding hydrogens is 286 g/mol. The van der Waals surface area contributed by atoms with Gasteiger partial charge in [-0.15, -0.1) is 0 Å². The first-order valence-corrected chi connectivity index (χ1v) is 5.70. The summed E-state index contributed by atoms with van der Waals surface area (Å²) < 4.78 is 1.97. The number of nitrogen functional groups attached to an aromatic ring is 1. The van der Waals surface area contributed by atoms with Gasteiger partial charge in [-0.05, 0) is 27.6 Å². The summed E-state index contributed by atoms with van der Waals surface area (Å²) in [5.74, 6) is 0. The van der Waals surface area contributed by atoms with Crippen molar-refractivity contribution < 1.29 is 0 Å². The van der Waals surface area contributed by atoms with Crippen LogP contribution in [0.4, 0.5) is 5.69 Å². The highest BCUT2D eigenvalue weighted by Gasteiger charge is 2.05. The van der Waals surface area contributed by atoms with Gasteiger partial charge in [0.25, 0.3) is 11.1 Å². The number of nitrogens with one attached hydrogen (secondary N) is 1. The molecule has 88 valence electrons. The highest BCUT2D eigenvalue weighted by atomic mass is 79.9. The van der Waals surface area contributed by atoms with Crippen molar-refractivity contribution in [1.29, 1.82) is 0 Å². The summed E-state index contributed by atoms with van der Waals surface area (Å²) in [7, 11) is 0. The standard InChI is InChI=1S/C11H10BrN3O2/c12-11-7(2-1-3-8(11)13)6-15-10(17)5-4-9(16)14-15/h1-5H,6,13H2,(H,14,16). The summed E-state index contributed by atoms with van der Waals surface area (Å²) in [5.41, 5.74) is 6.58. The quantitative estimate of drug-likeness (QED) is 0.809. The highest BCUT2D eigenvalue weighted by molar-refractivity contribution is 9.10. The van der Waals surface area contributed by atoms with Crippen molar-refractivity contribution in [3.8, 4) is 0 Å². The summed E-state index contributed by atoms with van der Waals surface area (Å²) in [6.45, 7) is 0.264. The van der Waals surface area contributed by atoms with Crippen LogP contribution in [0.25, 0.3) is 0 Å². The zero-order chi connectivity index (χ0) is 12.4. The number of hydrogen-bond acceptors (Lipinski definition) is 3. The third-order valence-electron chi connectivity index (χ3n) is 2.33. The average molecular weight is 296 g/mol. The topological polar surface area (TPSA) is 80.9 Å². The van der Waals surface area contributed by atoms with E-state index in [-0.39, 0.29) is 17.7 Å². The van der Waals surface area contributed by atoms with Crippen LogP contribution in [0.15, 0.2) is 44.4 Å². The molecule has 1 aromatic carbocycles. The van der Waals surface area contributed by atoms with Crippen molar-refractivity contribution >= 4 is 21.6 Å². The maximum atomic E-state index is 11.5. The molecule has 0 aliphatic heterocycles. The fourth-order valence-electron chi connectivity index (χ4n) is 1.47. The molecule has 0 unspecified atom stereocenters. The number of nitrogens with two attached hydrogens (primary N) is 1. The van der Waals surface area contributed by atoms with Gasteiger partial charge in [0.15, 0.2) is 0 Å². The Hall–Kier alpha value is -1.82. The zero-order valence-corrected chi connectivity index (χ0v) is 10.4. The first-order chi connectivity index (χ1) is 8.08. The number of aromatic nitrogens is 2. The van der Waals surface area contributed by atoms with Gasteiger partial charge in [0, 0.05) is 22.3 Å². The van der Waals surface area contributed by atoms with Gasteiger partial charge in [0.1, 0.15) is 0 Å². The fraction of sp³-hybridized carbons (Fsp3) is 0.0909. The van der Waals surface area contributed by atoms with Gasteiger partial charge in [-0.2, -0.15) is 0 Å². The van der Waals surface area contributed by atoms with E-state index >= 15 is 0 Å². The Morgan fingerprint density at radius 1 is 1.24 bits per heavy atom. The molecule has 0 saturated carbocycles. The Balaban J connectivity index is 2.45. The molecule has 0 amide bonds. The van der Waals surface area contributed by atoms with Gasteiger partial charge in [-0.3, -0.25) is 14.7 Å². The molecule has 0 atom stereocenters. The van der Waals surface area contributed by atoms with Crippen molar-refractivity contribution in [2.24, 2.45) is 0 Å². The number of aromatic amines is 1. The molecular formula is C11H10BrN3O2. The van der Waals surface area contributed by atoms with E-state index in [9.17, 15) is 9.59 Å². The molecule has 2 aromatic rings. The summed E-state index contributed by atoms with van der Waals surface area (Å²) in [5, 5.41) is 2.46. The molecule has 0 fully saturated rings. The van der Waals surface area contributed by atoms with Crippen molar-refractivity contribution in [3.63, 3.8) is 0 Å². The second-order valence-electron chi connectivity index (χ2n) is 3.55. The van der Waals surface area contributed by atoms with Crippen molar-refractivity contribution in [2.45, 2.75) is 6.54 Å². The first kappa shape index (κ1) is 11.7. The molecule has 1 heterocycles. The lowest BCUT2D eigenvalue weighted by atomic mass is 10.2. The lowest BCUT2D eigenvalue weighted by molar-refractivity contribution is 0.626. The van der Waals surface area contributed by atoms with Gasteiger partial charge in [-0.25, -0.2) is 4.68 Å². The van der Waals surface area contributed by atoms with Gasteiger partial charge >= 0.3 is 0 Å². The minimum atomic E-state index is -0.315. The molecule has 0 aliphatic rings. The summed E-state index contributed by atoms with van der Waals surface area (Å²) in [4.78, 5) is 22.7. The second kappa shape index (κ2) is 4.58. The van der Waals surface area contributed by atoms with Crippen LogP contribution in [-0.2, 0) is 6.54 Å². The third-order valence-corrected chi connectivity index (χ3v) is 3.29. The van der Waals surface area contributed by atoms with Gasteiger partial charge in [0.2, 0.25) is 0 Å². The zero-order valence-electron chi connectivity index (χ0n) is 8.81. The Bertz CT molecular complexity index is 660. The Morgan fingerprint density at radius 3 is 2.76 bits per heavy atom. The highest BCUT2D eigenvalue weighted by Crippen LogP contribution is 2.23. The van der Waals surface area contributed by atoms with Gasteiger partial charge in [0.05, 0.1) is 6.54 Å². The molecule has 0 aliphatic carbocycles. The molecule has 0 bridgehead atoms. The summed E-state index contributed by atoms with van der Waals surface area (Å²) in [6.07, 6.45) is 0. The Morgan fingerprint density at radius 2 is 2.00 bits per heavy atom. The van der Waals surface area contributed by atoms with Crippen LogP contribution in [0.2, 0.25) is 0 Å². The minimum absolute atomic E-state index is 0.264. The number of nitrogens with zero attached hydrogens (tertiary/aromatic N) is 1. The normalized spacial score (nSPS) is 10.4. The maximum Gasteiger partial charge on any atom is 0.265 e. The molecule has 1 aromatic heterocycles. The number of H-pyrrole nitrogens is 1. The van der Waals surface area contributed by atoms with E-state index in [1.54, 1.807) is 12.1 Å². The number of halogens is 1. The third kappa shape index (κ3) is 2.47. The Kier molecular flexibility index (Phi) is 3.14. The van der Waals surface area contributed by atoms with Crippen LogP contribution in [0.5, 0.6) is 0 Å². The van der Waals surface area contributed by atoms with E-state index in [1.807, 2.05) is 6.07 Å². The molecule has 0 spiro atoms. The smallest absolute Gasteiger partial charge is 0.265 e. The number of hydrogen-bond donors (Lipinski definition) is 2. The first-order valence-electron chi connectivity index (χ1n) is 4.91. The summed E-state index contributed by atoms with van der Waals surface area (Å²) >= 11 is 3.35. The molecule has 0 radical (unpaired) electrons. The van der Waals surface area contributed by atoms with E-state index in [0.717, 1.165) is 10.0 Å². The lowest BCUT2D eigenvalue weighted by Gasteiger charge is -2.08. The Labute approximate surface area is 105 Å². The average Bonchev–Trinajstić information content (AvgIpc) is 2.30. The van der Waals surface area contributed by atoms with Crippen LogP contribution >= 0.6 is 15.9 Å². The van der Waals surface area contributed by atoms with E-state index in [4.69, 9.17) is 5.73 Å². The minimum Gasteiger partial charge on any atom is -0.398 e. The molecule has 3 N–H and O–H groups in total. The van der Waals surface area contributed by atoms with E-state index < -0.39 is 0 Å². The van der Waals surface area contributed by atoms with Crippen LogP contribution in [0.1, 0.15) is 5.56 Å². The largest absolute Gasteiger partial charge is 0.398 e.